The Labute approximate surface area is 137 Å². The molecule has 0 spiro atoms. The van der Waals surface area contributed by atoms with Gasteiger partial charge in [0.25, 0.3) is 5.91 Å². The highest BCUT2D eigenvalue weighted by Crippen LogP contribution is 2.20. The van der Waals surface area contributed by atoms with Crippen LogP contribution in [-0.2, 0) is 4.79 Å². The maximum absolute atomic E-state index is 12.1. The molecule has 0 aliphatic carbocycles. The highest BCUT2D eigenvalue weighted by Gasteiger charge is 2.12. The van der Waals surface area contributed by atoms with E-state index in [9.17, 15) is 4.79 Å². The monoisotopic (exact) mass is 313 g/mol. The molecule has 0 heterocycles. The topological polar surface area (TPSA) is 47.6 Å². The number of aryl methyl sites for hydroxylation is 2. The van der Waals surface area contributed by atoms with Crippen molar-refractivity contribution >= 4 is 5.91 Å². The van der Waals surface area contributed by atoms with Gasteiger partial charge in [-0.2, -0.15) is 0 Å². The molecule has 1 amide bonds. The summed E-state index contributed by atoms with van der Waals surface area (Å²) in [7, 11) is 1.59. The molecule has 0 saturated carbocycles. The summed E-state index contributed by atoms with van der Waals surface area (Å²) < 4.78 is 10.6. The molecule has 1 N–H and O–H groups in total. The standard InChI is InChI=1S/C19H23NO3/c1-13-8-9-18(14(2)10-13)15(3)20-19(21)12-23-17-7-5-6-16(11-17)22-4/h5-11,15H,12H2,1-4H3,(H,20,21)/t15-/m1/s1. The summed E-state index contributed by atoms with van der Waals surface area (Å²) in [6, 6.07) is 13.4. The Morgan fingerprint density at radius 1 is 1.13 bits per heavy atom. The molecular weight excluding hydrogens is 290 g/mol. The van der Waals surface area contributed by atoms with Gasteiger partial charge in [0.05, 0.1) is 13.2 Å². The normalized spacial score (nSPS) is 11.7. The molecule has 2 aromatic rings. The van der Waals surface area contributed by atoms with E-state index in [1.54, 1.807) is 19.2 Å². The lowest BCUT2D eigenvalue weighted by atomic mass is 10.0. The zero-order valence-corrected chi connectivity index (χ0v) is 14.1. The van der Waals surface area contributed by atoms with Crippen LogP contribution in [0.2, 0.25) is 0 Å². The Hall–Kier alpha value is -2.49. The summed E-state index contributed by atoms with van der Waals surface area (Å²) in [6.45, 7) is 6.06. The first-order valence-electron chi connectivity index (χ1n) is 7.63. The predicted octanol–water partition coefficient (Wildman–Crippen LogP) is 3.57. The van der Waals surface area contributed by atoms with Gasteiger partial charge >= 0.3 is 0 Å². The van der Waals surface area contributed by atoms with Crippen LogP contribution in [0.5, 0.6) is 11.5 Å². The van der Waals surface area contributed by atoms with Crippen molar-refractivity contribution in [1.29, 1.82) is 0 Å². The maximum Gasteiger partial charge on any atom is 0.258 e. The van der Waals surface area contributed by atoms with E-state index >= 15 is 0 Å². The number of methoxy groups -OCH3 is 1. The zero-order valence-electron chi connectivity index (χ0n) is 14.1. The molecule has 0 unspecified atom stereocenters. The lowest BCUT2D eigenvalue weighted by Crippen LogP contribution is -2.31. The van der Waals surface area contributed by atoms with Crippen LogP contribution in [0.4, 0.5) is 0 Å². The zero-order chi connectivity index (χ0) is 16.8. The van der Waals surface area contributed by atoms with Crippen LogP contribution < -0.4 is 14.8 Å². The number of benzene rings is 2. The van der Waals surface area contributed by atoms with Gasteiger partial charge in [0, 0.05) is 6.07 Å². The molecule has 0 aliphatic heterocycles. The fourth-order valence-corrected chi connectivity index (χ4v) is 2.51. The number of hydrogen-bond acceptors (Lipinski definition) is 3. The van der Waals surface area contributed by atoms with Crippen LogP contribution in [0.25, 0.3) is 0 Å². The van der Waals surface area contributed by atoms with Crippen LogP contribution in [0.1, 0.15) is 29.7 Å². The van der Waals surface area contributed by atoms with Crippen molar-refractivity contribution in [2.45, 2.75) is 26.8 Å². The number of hydrogen-bond donors (Lipinski definition) is 1. The minimum absolute atomic E-state index is 0.0254. The maximum atomic E-state index is 12.1. The van der Waals surface area contributed by atoms with Gasteiger partial charge in [-0.05, 0) is 44.0 Å². The molecule has 4 nitrogen and oxygen atoms in total. The van der Waals surface area contributed by atoms with Gasteiger partial charge < -0.3 is 14.8 Å². The molecule has 4 heteroatoms. The second-order valence-electron chi connectivity index (χ2n) is 5.62. The second kappa shape index (κ2) is 7.68. The van der Waals surface area contributed by atoms with Gasteiger partial charge in [0.15, 0.2) is 6.61 Å². The lowest BCUT2D eigenvalue weighted by molar-refractivity contribution is -0.123. The number of carbonyl (C=O) groups excluding carboxylic acids is 1. The van der Waals surface area contributed by atoms with E-state index in [1.165, 1.54) is 11.1 Å². The molecule has 122 valence electrons. The fraction of sp³-hybridized carbons (Fsp3) is 0.316. The third-order valence-electron chi connectivity index (χ3n) is 3.68. The summed E-state index contributed by atoms with van der Waals surface area (Å²) in [5.41, 5.74) is 3.50. The molecule has 0 aliphatic rings. The highest BCUT2D eigenvalue weighted by atomic mass is 16.5. The van der Waals surface area contributed by atoms with E-state index in [4.69, 9.17) is 9.47 Å². The smallest absolute Gasteiger partial charge is 0.258 e. The Kier molecular flexibility index (Phi) is 5.63. The van der Waals surface area contributed by atoms with Gasteiger partial charge in [-0.3, -0.25) is 4.79 Å². The molecule has 0 fully saturated rings. The van der Waals surface area contributed by atoms with Crippen LogP contribution in [0.3, 0.4) is 0 Å². The minimum Gasteiger partial charge on any atom is -0.497 e. The van der Waals surface area contributed by atoms with Gasteiger partial charge in [0.2, 0.25) is 0 Å². The summed E-state index contributed by atoms with van der Waals surface area (Å²) >= 11 is 0. The first-order valence-corrected chi connectivity index (χ1v) is 7.63. The Balaban J connectivity index is 1.91. The Morgan fingerprint density at radius 2 is 1.87 bits per heavy atom. The SMILES string of the molecule is COc1cccc(OCC(=O)N[C@H](C)c2ccc(C)cc2C)c1. The first kappa shape index (κ1) is 16.9. The molecule has 2 aromatic carbocycles. The first-order chi connectivity index (χ1) is 11.0. The molecule has 23 heavy (non-hydrogen) atoms. The van der Waals surface area contributed by atoms with Gasteiger partial charge in [0.1, 0.15) is 11.5 Å². The largest absolute Gasteiger partial charge is 0.497 e. The summed E-state index contributed by atoms with van der Waals surface area (Å²) in [6.07, 6.45) is 0. The van der Waals surface area contributed by atoms with E-state index in [1.807, 2.05) is 19.1 Å². The van der Waals surface area contributed by atoms with E-state index in [2.05, 4.69) is 37.4 Å². The van der Waals surface area contributed by atoms with Crippen molar-refractivity contribution in [2.75, 3.05) is 13.7 Å². The van der Waals surface area contributed by atoms with Crippen molar-refractivity contribution in [1.82, 2.24) is 5.32 Å². The average molecular weight is 313 g/mol. The van der Waals surface area contributed by atoms with Gasteiger partial charge in [-0.15, -0.1) is 0 Å². The molecule has 1 atom stereocenters. The molecule has 0 radical (unpaired) electrons. The van der Waals surface area contributed by atoms with Crippen molar-refractivity contribution in [3.63, 3.8) is 0 Å². The van der Waals surface area contributed by atoms with Crippen LogP contribution >= 0.6 is 0 Å². The predicted molar refractivity (Wildman–Crippen MR) is 91.0 cm³/mol. The van der Waals surface area contributed by atoms with Gasteiger partial charge in [-0.1, -0.05) is 29.8 Å². The highest BCUT2D eigenvalue weighted by molar-refractivity contribution is 5.78. The minimum atomic E-state index is -0.153. The molecular formula is C19H23NO3. The average Bonchev–Trinajstić information content (AvgIpc) is 2.53. The van der Waals surface area contributed by atoms with E-state index in [0.717, 1.165) is 5.56 Å². The Morgan fingerprint density at radius 3 is 2.57 bits per heavy atom. The van der Waals surface area contributed by atoms with Crippen molar-refractivity contribution in [2.24, 2.45) is 0 Å². The number of carbonyl (C=O) groups is 1. The van der Waals surface area contributed by atoms with E-state index in [0.29, 0.717) is 11.5 Å². The summed E-state index contributed by atoms with van der Waals surface area (Å²) in [4.78, 5) is 12.1. The number of amides is 1. The van der Waals surface area contributed by atoms with E-state index in [-0.39, 0.29) is 18.6 Å². The molecule has 0 saturated heterocycles. The van der Waals surface area contributed by atoms with Crippen molar-refractivity contribution < 1.29 is 14.3 Å². The second-order valence-corrected chi connectivity index (χ2v) is 5.62. The number of rotatable bonds is 6. The van der Waals surface area contributed by atoms with Crippen LogP contribution in [0, 0.1) is 13.8 Å². The molecule has 0 bridgehead atoms. The van der Waals surface area contributed by atoms with Gasteiger partial charge in [-0.25, -0.2) is 0 Å². The Bertz CT molecular complexity index is 682. The number of ether oxygens (including phenoxy) is 2. The quantitative estimate of drug-likeness (QED) is 0.887. The summed E-state index contributed by atoms with van der Waals surface area (Å²) in [5, 5.41) is 2.96. The summed E-state index contributed by atoms with van der Waals surface area (Å²) in [5.74, 6) is 1.16. The lowest BCUT2D eigenvalue weighted by Gasteiger charge is -2.17. The van der Waals surface area contributed by atoms with Crippen molar-refractivity contribution in [3.05, 3.63) is 59.2 Å². The molecule has 2 rings (SSSR count). The van der Waals surface area contributed by atoms with Crippen molar-refractivity contribution in [3.8, 4) is 11.5 Å². The van der Waals surface area contributed by atoms with Crippen LogP contribution in [0.15, 0.2) is 42.5 Å². The fourth-order valence-electron chi connectivity index (χ4n) is 2.51. The number of nitrogens with one attached hydrogen (secondary N) is 1. The van der Waals surface area contributed by atoms with Crippen LogP contribution in [-0.4, -0.2) is 19.6 Å². The molecule has 0 aromatic heterocycles. The third-order valence-corrected chi connectivity index (χ3v) is 3.68. The van der Waals surface area contributed by atoms with E-state index < -0.39 is 0 Å². The third kappa shape index (κ3) is 4.74.